The van der Waals surface area contributed by atoms with E-state index in [1.165, 1.54) is 11.1 Å². The molecule has 0 atom stereocenters. The summed E-state index contributed by atoms with van der Waals surface area (Å²) in [6.07, 6.45) is 9.54. The number of hydrogen-bond donors (Lipinski definition) is 0. The number of rotatable bonds is 3. The van der Waals surface area contributed by atoms with E-state index in [4.69, 9.17) is 6.42 Å². The molecule has 1 rings (SSSR count). The van der Waals surface area contributed by atoms with E-state index < -0.39 is 0 Å². The van der Waals surface area contributed by atoms with Crippen LogP contribution in [0.4, 0.5) is 0 Å². The molecule has 61 valence electrons. The zero-order valence-electron chi connectivity index (χ0n) is 7.43. The molecule has 0 N–H and O–H groups in total. The van der Waals surface area contributed by atoms with Crippen molar-refractivity contribution in [1.29, 1.82) is 0 Å². The van der Waals surface area contributed by atoms with Gasteiger partial charge >= 0.3 is 0 Å². The predicted octanol–water partition coefficient (Wildman–Crippen LogP) is 2.77. The fourth-order valence-electron chi connectivity index (χ4n) is 1.15. The first kappa shape index (κ1) is 8.87. The molecule has 0 aliphatic rings. The fraction of sp³-hybridized carbons (Fsp3) is 0.333. The Bertz CT molecular complexity index is 261. The molecule has 0 heterocycles. The van der Waals surface area contributed by atoms with Crippen molar-refractivity contribution in [3.63, 3.8) is 0 Å². The summed E-state index contributed by atoms with van der Waals surface area (Å²) in [5, 5.41) is 0. The summed E-state index contributed by atoms with van der Waals surface area (Å²) in [6.45, 7) is 2.15. The van der Waals surface area contributed by atoms with Crippen LogP contribution < -0.4 is 0 Å². The summed E-state index contributed by atoms with van der Waals surface area (Å²) in [5.74, 6) is 2.39. The molecule has 0 fully saturated rings. The van der Waals surface area contributed by atoms with E-state index in [-0.39, 0.29) is 0 Å². The van der Waals surface area contributed by atoms with E-state index in [0.29, 0.717) is 0 Å². The summed E-state index contributed by atoms with van der Waals surface area (Å²) in [6, 6.07) is 8.57. The minimum absolute atomic E-state index is 0.728. The molecule has 0 spiro atoms. The van der Waals surface area contributed by atoms with Gasteiger partial charge in [0.15, 0.2) is 0 Å². The Morgan fingerprint density at radius 1 is 1.17 bits per heavy atom. The summed E-state index contributed by atoms with van der Waals surface area (Å²) in [4.78, 5) is 0. The summed E-state index contributed by atoms with van der Waals surface area (Å²) < 4.78 is 0. The van der Waals surface area contributed by atoms with Gasteiger partial charge in [-0.15, -0.1) is 0 Å². The normalized spacial score (nSPS) is 9.33. The third-order valence-corrected chi connectivity index (χ3v) is 1.97. The second kappa shape index (κ2) is 4.62. The molecule has 0 bridgehead atoms. The summed E-state index contributed by atoms with van der Waals surface area (Å²) in [5.41, 5.74) is 2.67. The van der Waals surface area contributed by atoms with Gasteiger partial charge in [-0.3, -0.25) is 0 Å². The molecule has 12 heavy (non-hydrogen) atoms. The van der Waals surface area contributed by atoms with Crippen LogP contribution >= 0.6 is 0 Å². The molecular formula is C12H13. The van der Waals surface area contributed by atoms with Crippen molar-refractivity contribution in [3.8, 4) is 5.92 Å². The molecule has 0 aromatic heterocycles. The van der Waals surface area contributed by atoms with Gasteiger partial charge in [0.1, 0.15) is 0 Å². The molecule has 0 saturated heterocycles. The van der Waals surface area contributed by atoms with Crippen LogP contribution in [-0.4, -0.2) is 0 Å². The van der Waals surface area contributed by atoms with Crippen molar-refractivity contribution in [2.45, 2.75) is 26.2 Å². The molecule has 0 unspecified atom stereocenters. The second-order valence-electron chi connectivity index (χ2n) is 2.85. The van der Waals surface area contributed by atoms with Crippen LogP contribution in [0.2, 0.25) is 0 Å². The molecule has 0 nitrogen and oxygen atoms in total. The lowest BCUT2D eigenvalue weighted by atomic mass is 10.1. The van der Waals surface area contributed by atoms with E-state index in [1.807, 2.05) is 0 Å². The van der Waals surface area contributed by atoms with Crippen LogP contribution in [0, 0.1) is 12.3 Å². The van der Waals surface area contributed by atoms with Crippen LogP contribution in [0.15, 0.2) is 24.3 Å². The molecule has 0 heteroatoms. The van der Waals surface area contributed by atoms with Gasteiger partial charge in [0.25, 0.3) is 0 Å². The minimum atomic E-state index is 0.728. The zero-order valence-corrected chi connectivity index (χ0v) is 7.43. The van der Waals surface area contributed by atoms with Gasteiger partial charge in [0.05, 0.1) is 0 Å². The lowest BCUT2D eigenvalue weighted by molar-refractivity contribution is 1.02. The Hall–Kier alpha value is -1.22. The van der Waals surface area contributed by atoms with E-state index in [2.05, 4.69) is 37.1 Å². The van der Waals surface area contributed by atoms with Gasteiger partial charge in [-0.05, 0) is 30.4 Å². The molecule has 0 aliphatic carbocycles. The largest absolute Gasteiger partial charge is 0.0888 e. The molecular weight excluding hydrogens is 144 g/mol. The molecule has 0 amide bonds. The van der Waals surface area contributed by atoms with Crippen LogP contribution in [0.5, 0.6) is 0 Å². The Morgan fingerprint density at radius 2 is 1.75 bits per heavy atom. The number of aryl methyl sites for hydroxylation is 2. The maximum absolute atomic E-state index is 6.78. The van der Waals surface area contributed by atoms with E-state index in [1.54, 1.807) is 0 Å². The van der Waals surface area contributed by atoms with Gasteiger partial charge in [-0.1, -0.05) is 37.1 Å². The van der Waals surface area contributed by atoms with Gasteiger partial charge in [-0.2, -0.15) is 0 Å². The van der Waals surface area contributed by atoms with Gasteiger partial charge in [0, 0.05) is 6.42 Å². The first-order chi connectivity index (χ1) is 5.86. The highest BCUT2D eigenvalue weighted by molar-refractivity contribution is 5.22. The lowest BCUT2D eigenvalue weighted by Crippen LogP contribution is -1.85. The highest BCUT2D eigenvalue weighted by Crippen LogP contribution is 2.06. The zero-order chi connectivity index (χ0) is 8.81. The average Bonchev–Trinajstić information content (AvgIpc) is 2.15. The SMILES string of the molecule is [C]#CCCc1ccc(CC)cc1. The third-order valence-electron chi connectivity index (χ3n) is 1.97. The van der Waals surface area contributed by atoms with Gasteiger partial charge in [0.2, 0.25) is 0 Å². The van der Waals surface area contributed by atoms with E-state index >= 15 is 0 Å². The maximum Gasteiger partial charge on any atom is 0.0139 e. The third kappa shape index (κ3) is 2.43. The lowest BCUT2D eigenvalue weighted by Gasteiger charge is -1.99. The van der Waals surface area contributed by atoms with Crippen LogP contribution in [-0.2, 0) is 12.8 Å². The van der Waals surface area contributed by atoms with Crippen molar-refractivity contribution in [2.24, 2.45) is 0 Å². The Balaban J connectivity index is 2.60. The highest BCUT2D eigenvalue weighted by atomic mass is 14.0. The summed E-state index contributed by atoms with van der Waals surface area (Å²) >= 11 is 0. The van der Waals surface area contributed by atoms with E-state index in [9.17, 15) is 0 Å². The molecule has 0 saturated carbocycles. The Kier molecular flexibility index (Phi) is 3.41. The molecule has 1 aromatic rings. The fourth-order valence-corrected chi connectivity index (χ4v) is 1.15. The van der Waals surface area contributed by atoms with Crippen molar-refractivity contribution >= 4 is 0 Å². The maximum atomic E-state index is 6.78. The average molecular weight is 157 g/mol. The van der Waals surface area contributed by atoms with Crippen molar-refractivity contribution in [2.75, 3.05) is 0 Å². The monoisotopic (exact) mass is 157 g/mol. The number of benzene rings is 1. The van der Waals surface area contributed by atoms with Crippen LogP contribution in [0.3, 0.4) is 0 Å². The highest BCUT2D eigenvalue weighted by Gasteiger charge is 1.91. The minimum Gasteiger partial charge on any atom is -0.0888 e. The predicted molar refractivity (Wildman–Crippen MR) is 51.3 cm³/mol. The first-order valence-electron chi connectivity index (χ1n) is 4.34. The topological polar surface area (TPSA) is 0 Å². The smallest absolute Gasteiger partial charge is 0.0139 e. The van der Waals surface area contributed by atoms with Gasteiger partial charge in [-0.25, -0.2) is 0 Å². The first-order valence-corrected chi connectivity index (χ1v) is 4.34. The quantitative estimate of drug-likeness (QED) is 0.592. The Labute approximate surface area is 74.6 Å². The van der Waals surface area contributed by atoms with Crippen molar-refractivity contribution < 1.29 is 0 Å². The van der Waals surface area contributed by atoms with E-state index in [0.717, 1.165) is 19.3 Å². The number of hydrogen-bond acceptors (Lipinski definition) is 0. The Morgan fingerprint density at radius 3 is 2.25 bits per heavy atom. The van der Waals surface area contributed by atoms with Crippen molar-refractivity contribution in [1.82, 2.24) is 0 Å². The van der Waals surface area contributed by atoms with Gasteiger partial charge < -0.3 is 0 Å². The van der Waals surface area contributed by atoms with Crippen LogP contribution in [0.25, 0.3) is 0 Å². The van der Waals surface area contributed by atoms with Crippen LogP contribution in [0.1, 0.15) is 24.5 Å². The summed E-state index contributed by atoms with van der Waals surface area (Å²) in [7, 11) is 0. The second-order valence-corrected chi connectivity index (χ2v) is 2.85. The molecule has 1 radical (unpaired) electrons. The molecule has 0 aliphatic heterocycles. The standard InChI is InChI=1S/C12H13/c1-3-5-6-12-9-7-11(4-2)8-10-12/h7-10H,4-6H2,2H3. The van der Waals surface area contributed by atoms with Crippen molar-refractivity contribution in [3.05, 3.63) is 41.8 Å². The molecule has 1 aromatic carbocycles.